The molecule has 1 heterocycles. The lowest BCUT2D eigenvalue weighted by Gasteiger charge is -2.36. The zero-order valence-corrected chi connectivity index (χ0v) is 32.2. The van der Waals surface area contributed by atoms with Gasteiger partial charge in [0.25, 0.3) is 0 Å². The first-order valence-corrected chi connectivity index (χ1v) is 18.2. The topological polar surface area (TPSA) is 274 Å². The molecule has 0 saturated carbocycles. The van der Waals surface area contributed by atoms with Crippen LogP contribution < -0.4 is 4.74 Å². The minimum absolute atomic E-state index is 0.0170. The molecule has 0 bridgehead atoms. The van der Waals surface area contributed by atoms with Crippen LogP contribution in [0.1, 0.15) is 68.4 Å². The molecule has 2 aromatic carbocycles. The highest BCUT2D eigenvalue weighted by Gasteiger charge is 2.47. The van der Waals surface area contributed by atoms with E-state index in [4.69, 9.17) is 38.3 Å². The fraction of sp³-hybridized carbons (Fsp3) is 0.632. The van der Waals surface area contributed by atoms with Crippen molar-refractivity contribution >= 4 is 34.3 Å². The van der Waals surface area contributed by atoms with Crippen molar-refractivity contribution in [2.45, 2.75) is 128 Å². The van der Waals surface area contributed by atoms with Crippen LogP contribution in [-0.4, -0.2) is 148 Å². The van der Waals surface area contributed by atoms with Gasteiger partial charge in [-0.1, -0.05) is 0 Å². The molecule has 12 atom stereocenters. The molecule has 0 amide bonds. The van der Waals surface area contributed by atoms with Crippen LogP contribution >= 0.6 is 0 Å². The van der Waals surface area contributed by atoms with Crippen LogP contribution in [0.4, 0.5) is 0 Å². The number of ether oxygens (including phenoxy) is 7. The third-order valence-electron chi connectivity index (χ3n) is 10.2. The van der Waals surface area contributed by atoms with Crippen LogP contribution in [0.15, 0.2) is 12.1 Å². The number of phenolic OH excluding ortho intramolecular Hbond substituents is 2. The molecule has 0 aromatic heterocycles. The number of esters is 1. The second-order valence-electron chi connectivity index (χ2n) is 14.2. The van der Waals surface area contributed by atoms with E-state index in [1.54, 1.807) is 20.8 Å². The summed E-state index contributed by atoms with van der Waals surface area (Å²) in [5, 5.41) is 73.1. The Balaban J connectivity index is 1.52. The summed E-state index contributed by atoms with van der Waals surface area (Å²) in [7, 11) is 2.41. The number of hydrogen-bond donors (Lipinski definition) is 7. The van der Waals surface area contributed by atoms with E-state index < -0.39 is 116 Å². The van der Waals surface area contributed by atoms with Crippen molar-refractivity contribution in [1.29, 1.82) is 0 Å². The fourth-order valence-corrected chi connectivity index (χ4v) is 6.98. The molecular weight excluding hydrogens is 744 g/mol. The van der Waals surface area contributed by atoms with Gasteiger partial charge in [0.1, 0.15) is 47.8 Å². The van der Waals surface area contributed by atoms with Gasteiger partial charge in [0.15, 0.2) is 30.3 Å². The number of carbonyl (C=O) groups excluding carboxylic acids is 3. The number of aliphatic carboxylic acids is 1. The number of Topliss-reactive ketones (excluding diaryl/α,β-unsaturated/α-hetero) is 2. The summed E-state index contributed by atoms with van der Waals surface area (Å²) in [5.41, 5.74) is 0.322. The average molecular weight is 797 g/mol. The molecule has 1 aliphatic carbocycles. The smallest absolute Gasteiger partial charge is 0.306 e. The van der Waals surface area contributed by atoms with Crippen molar-refractivity contribution in [1.82, 2.24) is 0 Å². The number of carboxylic acid groups (broad SMARTS) is 1. The van der Waals surface area contributed by atoms with E-state index in [2.05, 4.69) is 0 Å². The van der Waals surface area contributed by atoms with Gasteiger partial charge in [0.2, 0.25) is 0 Å². The number of aromatic hydroxyl groups is 2. The van der Waals surface area contributed by atoms with E-state index in [9.17, 15) is 49.8 Å². The number of aliphatic hydroxyl groups is 4. The van der Waals surface area contributed by atoms with Crippen LogP contribution in [-0.2, 0) is 49.2 Å². The van der Waals surface area contributed by atoms with Crippen molar-refractivity contribution in [3.8, 4) is 17.2 Å². The van der Waals surface area contributed by atoms with E-state index in [-0.39, 0.29) is 58.4 Å². The third-order valence-corrected chi connectivity index (χ3v) is 10.2. The lowest BCUT2D eigenvalue weighted by Crippen LogP contribution is -2.52. The van der Waals surface area contributed by atoms with Gasteiger partial charge >= 0.3 is 11.9 Å². The number of phenols is 2. The lowest BCUT2D eigenvalue weighted by atomic mass is 9.75. The number of hydrogen-bond acceptors (Lipinski definition) is 17. The molecular formula is C38H52O18. The summed E-state index contributed by atoms with van der Waals surface area (Å²) in [6.45, 7) is 7.29. The summed E-state index contributed by atoms with van der Waals surface area (Å²) in [6, 6.07) is 3.05. The van der Waals surface area contributed by atoms with Gasteiger partial charge < -0.3 is 68.9 Å². The minimum Gasteiger partial charge on any atom is -0.507 e. The van der Waals surface area contributed by atoms with Crippen LogP contribution in [0, 0.1) is 12.8 Å². The Hall–Kier alpha value is -3.98. The molecule has 4 unspecified atom stereocenters. The summed E-state index contributed by atoms with van der Waals surface area (Å²) < 4.78 is 39.0. The van der Waals surface area contributed by atoms with Crippen molar-refractivity contribution in [2.24, 2.45) is 5.92 Å². The van der Waals surface area contributed by atoms with Gasteiger partial charge in [-0.05, 0) is 64.1 Å². The van der Waals surface area contributed by atoms with Crippen molar-refractivity contribution in [2.75, 3.05) is 20.8 Å². The molecule has 4 rings (SSSR count). The highest BCUT2D eigenvalue weighted by atomic mass is 16.7. The number of aliphatic hydroxyl groups excluding tert-OH is 4. The standard InChI is InChI=1S/C38H52O18/c1-15-25(56-19(5)53-16(2)24(40)14-52-28-13-23(39)32(45)17(3)55-28)12-21-10-20-11-22(37(50-6)35(48)30(20)34(47)29(21)31(15)44)38(51-7)36(49)33(46)18(4)54-27(43)9-8-26(41)42/h10,12,16-19,22-24,28,32-33,37-40,44-47H,8-9,11,13-14H2,1-7H3,(H,41,42)/t16?,17?,18-,19?,22-,23?,24+,28-,32-,33+,37+,38+/m1/s1. The van der Waals surface area contributed by atoms with Crippen LogP contribution in [0.3, 0.4) is 0 Å². The second-order valence-corrected chi connectivity index (χ2v) is 14.2. The maximum absolute atomic E-state index is 13.9. The van der Waals surface area contributed by atoms with E-state index >= 15 is 0 Å². The average Bonchev–Trinajstić information content (AvgIpc) is 3.13. The van der Waals surface area contributed by atoms with Gasteiger partial charge in [0.05, 0.1) is 48.7 Å². The number of methoxy groups -OCH3 is 2. The Morgan fingerprint density at radius 1 is 1.00 bits per heavy atom. The first kappa shape index (κ1) is 44.7. The van der Waals surface area contributed by atoms with E-state index in [1.165, 1.54) is 40.2 Å². The van der Waals surface area contributed by atoms with Crippen molar-refractivity contribution in [3.63, 3.8) is 0 Å². The van der Waals surface area contributed by atoms with Crippen LogP contribution in [0.5, 0.6) is 17.2 Å². The molecule has 56 heavy (non-hydrogen) atoms. The zero-order valence-electron chi connectivity index (χ0n) is 32.2. The maximum Gasteiger partial charge on any atom is 0.306 e. The molecule has 7 N–H and O–H groups in total. The monoisotopic (exact) mass is 796 g/mol. The summed E-state index contributed by atoms with van der Waals surface area (Å²) in [5.74, 6) is -5.63. The predicted octanol–water partition coefficient (Wildman–Crippen LogP) is 1.04. The molecule has 1 fully saturated rings. The van der Waals surface area contributed by atoms with Gasteiger partial charge in [-0.2, -0.15) is 0 Å². The molecule has 1 saturated heterocycles. The van der Waals surface area contributed by atoms with Crippen molar-refractivity contribution < 1.29 is 88.1 Å². The minimum atomic E-state index is -1.91. The maximum atomic E-state index is 13.9. The molecule has 2 aromatic rings. The summed E-state index contributed by atoms with van der Waals surface area (Å²) >= 11 is 0. The number of carboxylic acids is 1. The molecule has 1 aliphatic heterocycles. The Labute approximate surface area is 322 Å². The molecule has 18 heteroatoms. The normalized spacial score (nSPS) is 25.7. The predicted molar refractivity (Wildman–Crippen MR) is 192 cm³/mol. The molecule has 0 spiro atoms. The number of carbonyl (C=O) groups is 4. The van der Waals surface area contributed by atoms with E-state index in [0.29, 0.717) is 0 Å². The molecule has 2 aliphatic rings. The summed E-state index contributed by atoms with van der Waals surface area (Å²) in [4.78, 5) is 50.2. The molecule has 18 nitrogen and oxygen atoms in total. The number of fused-ring (bicyclic) bond motifs is 2. The van der Waals surface area contributed by atoms with Crippen LogP contribution in [0.2, 0.25) is 0 Å². The third kappa shape index (κ3) is 9.93. The largest absolute Gasteiger partial charge is 0.507 e. The quantitative estimate of drug-likeness (QED) is 0.0820. The Kier molecular flexibility index (Phi) is 15.2. The van der Waals surface area contributed by atoms with Gasteiger partial charge in [0, 0.05) is 32.1 Å². The Morgan fingerprint density at radius 2 is 1.68 bits per heavy atom. The lowest BCUT2D eigenvalue weighted by molar-refractivity contribution is -0.256. The number of ketones is 2. The highest BCUT2D eigenvalue weighted by molar-refractivity contribution is 6.11. The summed E-state index contributed by atoms with van der Waals surface area (Å²) in [6.07, 6.45) is -13.7. The second kappa shape index (κ2) is 19.0. The van der Waals surface area contributed by atoms with Gasteiger partial charge in [-0.15, -0.1) is 0 Å². The number of rotatable bonds is 18. The zero-order chi connectivity index (χ0) is 41.8. The molecule has 0 radical (unpaired) electrons. The van der Waals surface area contributed by atoms with Crippen molar-refractivity contribution in [3.05, 3.63) is 28.8 Å². The van der Waals surface area contributed by atoms with E-state index in [1.807, 2.05) is 0 Å². The van der Waals surface area contributed by atoms with Crippen LogP contribution in [0.25, 0.3) is 10.8 Å². The Bertz CT molecular complexity index is 1730. The van der Waals surface area contributed by atoms with Gasteiger partial charge in [-0.3, -0.25) is 19.2 Å². The first-order valence-electron chi connectivity index (χ1n) is 18.2. The molecule has 312 valence electrons. The fourth-order valence-electron chi connectivity index (χ4n) is 6.98. The SMILES string of the molecule is CO[C@@H]1C(=O)c2c(cc3cc(OC(C)OC(C)[C@@H](O)CO[C@H]4CC(O)[C@H](O)C(C)O4)c(C)c(O)c3c2O)C[C@H]1[C@H](OC)C(=O)[C@@H](O)[C@@H](C)OC(=O)CCC(=O)O. The highest BCUT2D eigenvalue weighted by Crippen LogP contribution is 2.46. The number of benzene rings is 2. The Morgan fingerprint density at radius 3 is 2.29 bits per heavy atom. The first-order chi connectivity index (χ1) is 26.3. The van der Waals surface area contributed by atoms with E-state index in [0.717, 1.165) is 0 Å². The van der Waals surface area contributed by atoms with Gasteiger partial charge in [-0.25, -0.2) is 0 Å².